The van der Waals surface area contributed by atoms with Gasteiger partial charge in [-0.25, -0.2) is 4.79 Å². The fourth-order valence-corrected chi connectivity index (χ4v) is 2.41. The number of hydrogen-bond donors (Lipinski definition) is 1. The highest BCUT2D eigenvalue weighted by atomic mass is 16.6. The van der Waals surface area contributed by atoms with Crippen molar-refractivity contribution in [1.29, 1.82) is 0 Å². The summed E-state index contributed by atoms with van der Waals surface area (Å²) < 4.78 is 5.41. The van der Waals surface area contributed by atoms with E-state index < -0.39 is 5.60 Å². The molecule has 0 unspecified atom stereocenters. The largest absolute Gasteiger partial charge is 0.444 e. The van der Waals surface area contributed by atoms with Gasteiger partial charge in [0.2, 0.25) is 0 Å². The molecule has 0 aliphatic heterocycles. The van der Waals surface area contributed by atoms with Gasteiger partial charge >= 0.3 is 6.09 Å². The molecule has 0 bridgehead atoms. The molecule has 4 heteroatoms. The van der Waals surface area contributed by atoms with Gasteiger partial charge in [0.15, 0.2) is 0 Å². The Hall–Kier alpha value is -0.770. The monoisotopic (exact) mass is 242 g/mol. The number of ether oxygens (including phenoxy) is 1. The van der Waals surface area contributed by atoms with Crippen molar-refractivity contribution in [2.24, 2.45) is 5.73 Å². The van der Waals surface area contributed by atoms with Gasteiger partial charge in [-0.3, -0.25) is 0 Å². The van der Waals surface area contributed by atoms with Crippen LogP contribution >= 0.6 is 0 Å². The second kappa shape index (κ2) is 5.25. The highest BCUT2D eigenvalue weighted by molar-refractivity contribution is 5.69. The summed E-state index contributed by atoms with van der Waals surface area (Å²) in [6, 6.07) is 0. The molecule has 0 aromatic carbocycles. The highest BCUT2D eigenvalue weighted by Crippen LogP contribution is 2.32. The molecule has 2 N–H and O–H groups in total. The zero-order chi connectivity index (χ0) is 13.1. The lowest BCUT2D eigenvalue weighted by Gasteiger charge is -2.44. The zero-order valence-electron chi connectivity index (χ0n) is 11.6. The summed E-state index contributed by atoms with van der Waals surface area (Å²) >= 11 is 0. The topological polar surface area (TPSA) is 55.6 Å². The van der Waals surface area contributed by atoms with Crippen molar-refractivity contribution in [2.45, 2.75) is 64.0 Å². The zero-order valence-corrected chi connectivity index (χ0v) is 11.6. The molecule has 0 saturated heterocycles. The van der Waals surface area contributed by atoms with Crippen molar-refractivity contribution in [3.63, 3.8) is 0 Å². The summed E-state index contributed by atoms with van der Waals surface area (Å²) in [6.45, 7) is 6.17. The van der Waals surface area contributed by atoms with E-state index in [1.54, 1.807) is 4.90 Å². The number of hydrogen-bond acceptors (Lipinski definition) is 3. The van der Waals surface area contributed by atoms with Crippen molar-refractivity contribution in [2.75, 3.05) is 13.6 Å². The molecule has 100 valence electrons. The first-order valence-corrected chi connectivity index (χ1v) is 6.48. The van der Waals surface area contributed by atoms with Gasteiger partial charge < -0.3 is 15.4 Å². The molecule has 0 spiro atoms. The summed E-state index contributed by atoms with van der Waals surface area (Å²) in [7, 11) is 1.81. The number of likely N-dealkylation sites (N-methyl/N-ethyl adjacent to an activating group) is 1. The molecule has 1 aliphatic rings. The van der Waals surface area contributed by atoms with Crippen molar-refractivity contribution >= 4 is 6.09 Å². The maximum Gasteiger partial charge on any atom is 0.410 e. The van der Waals surface area contributed by atoms with E-state index in [0.717, 1.165) is 25.7 Å². The Labute approximate surface area is 104 Å². The number of amides is 1. The van der Waals surface area contributed by atoms with Gasteiger partial charge in [-0.15, -0.1) is 0 Å². The lowest BCUT2D eigenvalue weighted by atomic mass is 9.81. The van der Waals surface area contributed by atoms with Crippen LogP contribution in [0.5, 0.6) is 0 Å². The lowest BCUT2D eigenvalue weighted by molar-refractivity contribution is -0.00170. The summed E-state index contributed by atoms with van der Waals surface area (Å²) in [5.74, 6) is 0. The second-order valence-electron chi connectivity index (χ2n) is 6.03. The van der Waals surface area contributed by atoms with Gasteiger partial charge in [-0.2, -0.15) is 0 Å². The van der Waals surface area contributed by atoms with Gasteiger partial charge in [0.1, 0.15) is 5.60 Å². The van der Waals surface area contributed by atoms with E-state index in [-0.39, 0.29) is 11.6 Å². The SMILES string of the molecule is CN(C(=O)OC(C)(C)C)C1(CN)CCCCC1. The highest BCUT2D eigenvalue weighted by Gasteiger charge is 2.39. The van der Waals surface area contributed by atoms with Crippen LogP contribution in [0.1, 0.15) is 52.9 Å². The van der Waals surface area contributed by atoms with Gasteiger partial charge in [-0.1, -0.05) is 19.3 Å². The Bertz CT molecular complexity index is 265. The van der Waals surface area contributed by atoms with Gasteiger partial charge in [0.05, 0.1) is 5.54 Å². The minimum absolute atomic E-state index is 0.194. The Morgan fingerprint density at radius 1 is 1.29 bits per heavy atom. The Kier molecular flexibility index (Phi) is 4.42. The summed E-state index contributed by atoms with van der Waals surface area (Å²) in [5, 5.41) is 0. The molecule has 1 rings (SSSR count). The van der Waals surface area contributed by atoms with Gasteiger partial charge in [0.25, 0.3) is 0 Å². The molecule has 1 saturated carbocycles. The Morgan fingerprint density at radius 2 is 1.82 bits per heavy atom. The maximum atomic E-state index is 12.1. The van der Waals surface area contributed by atoms with Crippen LogP contribution in [0.25, 0.3) is 0 Å². The van der Waals surface area contributed by atoms with Crippen LogP contribution in [0.15, 0.2) is 0 Å². The molecule has 1 aliphatic carbocycles. The third-order valence-electron chi connectivity index (χ3n) is 3.54. The van der Waals surface area contributed by atoms with E-state index in [1.165, 1.54) is 6.42 Å². The first kappa shape index (κ1) is 14.3. The van der Waals surface area contributed by atoms with Crippen LogP contribution in [0.2, 0.25) is 0 Å². The molecule has 0 heterocycles. The van der Waals surface area contributed by atoms with Crippen LogP contribution in [0.3, 0.4) is 0 Å². The minimum Gasteiger partial charge on any atom is -0.444 e. The standard InChI is InChI=1S/C13H26N2O2/c1-12(2,3)17-11(16)15(4)13(10-14)8-6-5-7-9-13/h5-10,14H2,1-4H3. The van der Waals surface area contributed by atoms with Gasteiger partial charge in [-0.05, 0) is 33.6 Å². The van der Waals surface area contributed by atoms with Crippen LogP contribution in [-0.2, 0) is 4.74 Å². The smallest absolute Gasteiger partial charge is 0.410 e. The van der Waals surface area contributed by atoms with Gasteiger partial charge in [0, 0.05) is 13.6 Å². The molecule has 0 atom stereocenters. The fourth-order valence-electron chi connectivity index (χ4n) is 2.41. The minimum atomic E-state index is -0.449. The average molecular weight is 242 g/mol. The van der Waals surface area contributed by atoms with Crippen LogP contribution < -0.4 is 5.73 Å². The van der Waals surface area contributed by atoms with E-state index in [0.29, 0.717) is 6.54 Å². The Balaban J connectivity index is 2.71. The fraction of sp³-hybridized carbons (Fsp3) is 0.923. The Morgan fingerprint density at radius 3 is 2.24 bits per heavy atom. The summed E-state index contributed by atoms with van der Waals surface area (Å²) in [6.07, 6.45) is 5.24. The number of rotatable bonds is 2. The van der Waals surface area contributed by atoms with Crippen molar-refractivity contribution in [1.82, 2.24) is 4.90 Å². The third kappa shape index (κ3) is 3.60. The van der Waals surface area contributed by atoms with E-state index in [9.17, 15) is 4.79 Å². The van der Waals surface area contributed by atoms with Crippen molar-refractivity contribution < 1.29 is 9.53 Å². The van der Waals surface area contributed by atoms with Crippen LogP contribution in [0.4, 0.5) is 4.79 Å². The van der Waals surface area contributed by atoms with E-state index in [2.05, 4.69) is 0 Å². The predicted molar refractivity (Wildman–Crippen MR) is 68.9 cm³/mol. The number of carbonyl (C=O) groups excluding carboxylic acids is 1. The second-order valence-corrected chi connectivity index (χ2v) is 6.03. The first-order valence-electron chi connectivity index (χ1n) is 6.48. The summed E-state index contributed by atoms with van der Waals surface area (Å²) in [5.41, 5.74) is 5.25. The molecule has 4 nitrogen and oxygen atoms in total. The number of nitrogens with two attached hydrogens (primary N) is 1. The molecular formula is C13H26N2O2. The lowest BCUT2D eigenvalue weighted by Crippen LogP contribution is -2.56. The first-order chi connectivity index (χ1) is 7.81. The van der Waals surface area contributed by atoms with E-state index >= 15 is 0 Å². The van der Waals surface area contributed by atoms with Crippen molar-refractivity contribution in [3.05, 3.63) is 0 Å². The van der Waals surface area contributed by atoms with E-state index in [4.69, 9.17) is 10.5 Å². The molecule has 17 heavy (non-hydrogen) atoms. The maximum absolute atomic E-state index is 12.1. The predicted octanol–water partition coefficient (Wildman–Crippen LogP) is 2.51. The number of carbonyl (C=O) groups is 1. The molecule has 0 aromatic rings. The van der Waals surface area contributed by atoms with E-state index in [1.807, 2.05) is 27.8 Å². The average Bonchev–Trinajstić information content (AvgIpc) is 2.26. The normalized spacial score (nSPS) is 19.8. The van der Waals surface area contributed by atoms with Crippen LogP contribution in [0, 0.1) is 0 Å². The molecular weight excluding hydrogens is 216 g/mol. The molecule has 0 radical (unpaired) electrons. The van der Waals surface area contributed by atoms with Crippen LogP contribution in [-0.4, -0.2) is 35.7 Å². The molecule has 0 aromatic heterocycles. The summed E-state index contributed by atoms with van der Waals surface area (Å²) in [4.78, 5) is 13.8. The quantitative estimate of drug-likeness (QED) is 0.809. The van der Waals surface area contributed by atoms with Crippen molar-refractivity contribution in [3.8, 4) is 0 Å². The molecule has 1 fully saturated rings. The number of nitrogens with zero attached hydrogens (tertiary/aromatic N) is 1. The third-order valence-corrected chi connectivity index (χ3v) is 3.54. The molecule has 1 amide bonds.